The lowest BCUT2D eigenvalue weighted by Gasteiger charge is -2.32. The number of hydrogen-bond donors (Lipinski definition) is 1. The largest absolute Gasteiger partial charge is 0.481 e. The summed E-state index contributed by atoms with van der Waals surface area (Å²) in [5.74, 6) is -1.03. The van der Waals surface area contributed by atoms with Crippen molar-refractivity contribution in [3.63, 3.8) is 0 Å². The summed E-state index contributed by atoms with van der Waals surface area (Å²) < 4.78 is 0. The predicted molar refractivity (Wildman–Crippen MR) is 79.6 cm³/mol. The fourth-order valence-corrected chi connectivity index (χ4v) is 2.97. The van der Waals surface area contributed by atoms with Gasteiger partial charge in [0.05, 0.1) is 13.0 Å². The summed E-state index contributed by atoms with van der Waals surface area (Å²) in [7, 11) is 1.61. The van der Waals surface area contributed by atoms with Crippen LogP contribution >= 0.6 is 0 Å². The summed E-state index contributed by atoms with van der Waals surface area (Å²) in [6.07, 6.45) is 1.79. The highest BCUT2D eigenvalue weighted by molar-refractivity contribution is 6.04. The maximum Gasteiger partial charge on any atom is 0.304 e. The van der Waals surface area contributed by atoms with Crippen molar-refractivity contribution in [1.82, 2.24) is 4.90 Å². The molecular formula is C16H18N2O4. The second-order valence-corrected chi connectivity index (χ2v) is 6.13. The topological polar surface area (TPSA) is 77.9 Å². The minimum Gasteiger partial charge on any atom is -0.481 e. The smallest absolute Gasteiger partial charge is 0.304 e. The van der Waals surface area contributed by atoms with Crippen LogP contribution in [0.4, 0.5) is 5.69 Å². The number of rotatable bonds is 4. The van der Waals surface area contributed by atoms with Gasteiger partial charge >= 0.3 is 5.97 Å². The molecule has 1 aliphatic carbocycles. The van der Waals surface area contributed by atoms with E-state index in [9.17, 15) is 14.4 Å². The van der Waals surface area contributed by atoms with Gasteiger partial charge in [-0.2, -0.15) is 0 Å². The standard InChI is InChI=1S/C16H18N2O4/c1-17-9-14(20)18(10-13(17)19)12-4-2-3-11(7-12)16(5-6-16)8-15(21)22/h2-4,7H,5-6,8-10H2,1H3,(H,21,22). The molecule has 1 saturated heterocycles. The molecule has 2 fully saturated rings. The predicted octanol–water partition coefficient (Wildman–Crippen LogP) is 0.998. The number of carbonyl (C=O) groups is 3. The van der Waals surface area contributed by atoms with Crippen LogP contribution in [0.2, 0.25) is 0 Å². The van der Waals surface area contributed by atoms with Gasteiger partial charge < -0.3 is 14.9 Å². The number of carboxylic acids is 1. The maximum atomic E-state index is 12.1. The number of nitrogens with zero attached hydrogens (tertiary/aromatic N) is 2. The molecule has 1 aromatic rings. The number of carboxylic acid groups (broad SMARTS) is 1. The van der Waals surface area contributed by atoms with Crippen LogP contribution in [0.15, 0.2) is 24.3 Å². The number of likely N-dealkylation sites (N-methyl/N-ethyl adjacent to an activating group) is 1. The Morgan fingerprint density at radius 2 is 1.95 bits per heavy atom. The van der Waals surface area contributed by atoms with Gasteiger partial charge in [0, 0.05) is 18.2 Å². The van der Waals surface area contributed by atoms with E-state index >= 15 is 0 Å². The summed E-state index contributed by atoms with van der Waals surface area (Å²) in [5, 5.41) is 9.06. The van der Waals surface area contributed by atoms with Crippen molar-refractivity contribution in [3.8, 4) is 0 Å². The molecule has 2 amide bonds. The molecular weight excluding hydrogens is 284 g/mol. The SMILES string of the molecule is CN1CC(=O)N(c2cccc(C3(CC(=O)O)CC3)c2)CC1=O. The average molecular weight is 302 g/mol. The summed E-state index contributed by atoms with van der Waals surface area (Å²) >= 11 is 0. The van der Waals surface area contributed by atoms with Crippen LogP contribution in [-0.4, -0.2) is 47.9 Å². The van der Waals surface area contributed by atoms with Crippen molar-refractivity contribution in [1.29, 1.82) is 0 Å². The minimum atomic E-state index is -0.811. The van der Waals surface area contributed by atoms with Crippen LogP contribution in [0.1, 0.15) is 24.8 Å². The van der Waals surface area contributed by atoms with E-state index in [-0.39, 0.29) is 36.7 Å². The van der Waals surface area contributed by atoms with Gasteiger partial charge in [-0.3, -0.25) is 14.4 Å². The minimum absolute atomic E-state index is 0.0325. The van der Waals surface area contributed by atoms with Crippen LogP contribution in [-0.2, 0) is 19.8 Å². The molecule has 1 N–H and O–H groups in total. The quantitative estimate of drug-likeness (QED) is 0.900. The number of anilines is 1. The Hall–Kier alpha value is -2.37. The molecule has 2 aliphatic rings. The molecule has 116 valence electrons. The molecule has 22 heavy (non-hydrogen) atoms. The van der Waals surface area contributed by atoms with Gasteiger partial charge in [-0.05, 0) is 30.5 Å². The summed E-state index contributed by atoms with van der Waals surface area (Å²) in [4.78, 5) is 37.9. The van der Waals surface area contributed by atoms with E-state index in [0.717, 1.165) is 18.4 Å². The van der Waals surface area contributed by atoms with Crippen molar-refractivity contribution in [2.45, 2.75) is 24.7 Å². The molecule has 3 rings (SSSR count). The maximum absolute atomic E-state index is 12.1. The fraction of sp³-hybridized carbons (Fsp3) is 0.438. The van der Waals surface area contributed by atoms with Crippen LogP contribution in [0.25, 0.3) is 0 Å². The molecule has 6 heteroatoms. The third-order valence-electron chi connectivity index (χ3n) is 4.51. The van der Waals surface area contributed by atoms with Gasteiger partial charge in [-0.25, -0.2) is 0 Å². The number of amides is 2. The molecule has 0 radical (unpaired) electrons. The van der Waals surface area contributed by atoms with Crippen LogP contribution < -0.4 is 4.90 Å². The Kier molecular flexibility index (Phi) is 3.39. The van der Waals surface area contributed by atoms with Crippen LogP contribution in [0, 0.1) is 0 Å². The highest BCUT2D eigenvalue weighted by atomic mass is 16.4. The first-order valence-corrected chi connectivity index (χ1v) is 7.28. The van der Waals surface area contributed by atoms with Gasteiger partial charge in [0.1, 0.15) is 6.54 Å². The number of piperazine rings is 1. The molecule has 6 nitrogen and oxygen atoms in total. The Labute approximate surface area is 128 Å². The van der Waals surface area contributed by atoms with E-state index in [2.05, 4.69) is 0 Å². The molecule has 0 atom stereocenters. The second-order valence-electron chi connectivity index (χ2n) is 6.13. The first-order valence-electron chi connectivity index (χ1n) is 7.28. The Balaban J connectivity index is 1.87. The summed E-state index contributed by atoms with van der Waals surface area (Å²) in [5.41, 5.74) is 1.30. The van der Waals surface area contributed by atoms with Crippen molar-refractivity contribution in [2.24, 2.45) is 0 Å². The normalized spacial score (nSPS) is 20.2. The van der Waals surface area contributed by atoms with Crippen LogP contribution in [0.5, 0.6) is 0 Å². The van der Waals surface area contributed by atoms with E-state index < -0.39 is 5.97 Å². The zero-order valence-corrected chi connectivity index (χ0v) is 12.4. The molecule has 1 heterocycles. The Morgan fingerprint density at radius 1 is 1.23 bits per heavy atom. The Bertz CT molecular complexity index is 651. The first-order chi connectivity index (χ1) is 10.4. The number of aliphatic carboxylic acids is 1. The zero-order chi connectivity index (χ0) is 15.9. The lowest BCUT2D eigenvalue weighted by Crippen LogP contribution is -2.52. The molecule has 0 spiro atoms. The molecule has 1 saturated carbocycles. The van der Waals surface area contributed by atoms with Crippen molar-refractivity contribution in [3.05, 3.63) is 29.8 Å². The van der Waals surface area contributed by atoms with E-state index in [4.69, 9.17) is 5.11 Å². The third kappa shape index (κ3) is 2.56. The first kappa shape index (κ1) is 14.6. The molecule has 0 bridgehead atoms. The highest BCUT2D eigenvalue weighted by Gasteiger charge is 2.46. The van der Waals surface area contributed by atoms with E-state index in [0.29, 0.717) is 5.69 Å². The summed E-state index contributed by atoms with van der Waals surface area (Å²) in [6, 6.07) is 7.37. The number of carbonyl (C=O) groups excluding carboxylic acids is 2. The van der Waals surface area contributed by atoms with Gasteiger partial charge in [-0.1, -0.05) is 12.1 Å². The average Bonchev–Trinajstić information content (AvgIpc) is 3.23. The van der Waals surface area contributed by atoms with Gasteiger partial charge in [0.2, 0.25) is 11.8 Å². The molecule has 0 unspecified atom stereocenters. The second kappa shape index (κ2) is 5.12. The van der Waals surface area contributed by atoms with E-state index in [1.54, 1.807) is 13.1 Å². The van der Waals surface area contributed by atoms with E-state index in [1.807, 2.05) is 18.2 Å². The monoisotopic (exact) mass is 302 g/mol. The molecule has 0 aromatic heterocycles. The van der Waals surface area contributed by atoms with Crippen LogP contribution in [0.3, 0.4) is 0 Å². The Morgan fingerprint density at radius 3 is 2.59 bits per heavy atom. The van der Waals surface area contributed by atoms with E-state index in [1.165, 1.54) is 9.80 Å². The van der Waals surface area contributed by atoms with Gasteiger partial charge in [0.25, 0.3) is 0 Å². The van der Waals surface area contributed by atoms with Crippen molar-refractivity contribution >= 4 is 23.5 Å². The molecule has 1 aromatic carbocycles. The van der Waals surface area contributed by atoms with Crippen molar-refractivity contribution in [2.75, 3.05) is 25.0 Å². The molecule has 1 aliphatic heterocycles. The highest BCUT2D eigenvalue weighted by Crippen LogP contribution is 2.51. The van der Waals surface area contributed by atoms with Gasteiger partial charge in [-0.15, -0.1) is 0 Å². The summed E-state index contributed by atoms with van der Waals surface area (Å²) in [6.45, 7) is 0.105. The third-order valence-corrected chi connectivity index (χ3v) is 4.51. The number of benzene rings is 1. The van der Waals surface area contributed by atoms with Crippen molar-refractivity contribution < 1.29 is 19.5 Å². The lowest BCUT2D eigenvalue weighted by atomic mass is 9.92. The lowest BCUT2D eigenvalue weighted by molar-refractivity contribution is -0.137. The zero-order valence-electron chi connectivity index (χ0n) is 12.4. The fourth-order valence-electron chi connectivity index (χ4n) is 2.97. The number of hydrogen-bond acceptors (Lipinski definition) is 3. The van der Waals surface area contributed by atoms with Gasteiger partial charge in [0.15, 0.2) is 0 Å².